The Hall–Kier alpha value is -3.23. The summed E-state index contributed by atoms with van der Waals surface area (Å²) in [6.07, 6.45) is 0. The van der Waals surface area contributed by atoms with Crippen LogP contribution in [-0.4, -0.2) is 35.1 Å². The van der Waals surface area contributed by atoms with E-state index in [0.29, 0.717) is 22.2 Å². The lowest BCUT2D eigenvalue weighted by atomic mass is 10.1. The standard InChI is InChI=1S/C24H25ClN2O5S/c1-17(18-9-14-22(31-2)23(15-18)32-3)26-24(28)16-27(20-12-10-19(25)11-13-20)33(29,30)21-7-5-4-6-8-21/h4-15,17H,16H2,1-3H3,(H,26,28)/t17-/m1/s1. The van der Waals surface area contributed by atoms with Crippen molar-refractivity contribution < 1.29 is 22.7 Å². The minimum atomic E-state index is -3.99. The van der Waals surface area contributed by atoms with Gasteiger partial charge >= 0.3 is 0 Å². The number of ether oxygens (including phenoxy) is 2. The quantitative estimate of drug-likeness (QED) is 0.481. The van der Waals surface area contributed by atoms with Crippen molar-refractivity contribution in [2.45, 2.75) is 17.9 Å². The Morgan fingerprint density at radius 1 is 0.970 bits per heavy atom. The summed E-state index contributed by atoms with van der Waals surface area (Å²) in [5.41, 5.74) is 1.11. The maximum atomic E-state index is 13.3. The number of methoxy groups -OCH3 is 2. The zero-order chi connectivity index (χ0) is 24.0. The highest BCUT2D eigenvalue weighted by molar-refractivity contribution is 7.92. The lowest BCUT2D eigenvalue weighted by Gasteiger charge is -2.25. The van der Waals surface area contributed by atoms with Gasteiger partial charge in [0.05, 0.1) is 30.8 Å². The monoisotopic (exact) mass is 488 g/mol. The lowest BCUT2D eigenvalue weighted by Crippen LogP contribution is -2.41. The molecule has 0 heterocycles. The molecule has 0 saturated heterocycles. The van der Waals surface area contributed by atoms with Crippen molar-refractivity contribution in [2.75, 3.05) is 25.1 Å². The highest BCUT2D eigenvalue weighted by Gasteiger charge is 2.27. The maximum Gasteiger partial charge on any atom is 0.264 e. The fraction of sp³-hybridized carbons (Fsp3) is 0.208. The van der Waals surface area contributed by atoms with Gasteiger partial charge in [0.2, 0.25) is 5.91 Å². The van der Waals surface area contributed by atoms with Gasteiger partial charge in [0, 0.05) is 5.02 Å². The Bertz CT molecular complexity index is 1200. The van der Waals surface area contributed by atoms with Crippen LogP contribution in [0.1, 0.15) is 18.5 Å². The molecule has 1 N–H and O–H groups in total. The third kappa shape index (κ3) is 5.77. The smallest absolute Gasteiger partial charge is 0.264 e. The van der Waals surface area contributed by atoms with E-state index in [1.165, 1.54) is 19.2 Å². The number of carbonyl (C=O) groups is 1. The van der Waals surface area contributed by atoms with Crippen LogP contribution in [0.15, 0.2) is 77.7 Å². The van der Waals surface area contributed by atoms with E-state index in [9.17, 15) is 13.2 Å². The molecule has 33 heavy (non-hydrogen) atoms. The number of anilines is 1. The van der Waals surface area contributed by atoms with Crippen molar-refractivity contribution >= 4 is 33.2 Å². The molecule has 174 valence electrons. The Kier molecular flexibility index (Phi) is 7.84. The third-order valence-corrected chi connectivity index (χ3v) is 7.06. The van der Waals surface area contributed by atoms with Crippen molar-refractivity contribution in [3.05, 3.63) is 83.4 Å². The minimum Gasteiger partial charge on any atom is -0.493 e. The van der Waals surface area contributed by atoms with Gasteiger partial charge in [0.1, 0.15) is 6.54 Å². The average Bonchev–Trinajstić information content (AvgIpc) is 2.83. The first-order valence-corrected chi connectivity index (χ1v) is 11.9. The fourth-order valence-electron chi connectivity index (χ4n) is 3.27. The topological polar surface area (TPSA) is 84.9 Å². The van der Waals surface area contributed by atoms with Crippen molar-refractivity contribution in [3.8, 4) is 11.5 Å². The molecule has 0 aromatic heterocycles. The number of nitrogens with one attached hydrogen (secondary N) is 1. The second kappa shape index (κ2) is 10.6. The Morgan fingerprint density at radius 3 is 2.21 bits per heavy atom. The van der Waals surface area contributed by atoms with E-state index in [0.717, 1.165) is 9.87 Å². The first kappa shape index (κ1) is 24.4. The molecule has 7 nitrogen and oxygen atoms in total. The number of amides is 1. The Balaban J connectivity index is 1.85. The Morgan fingerprint density at radius 2 is 1.61 bits per heavy atom. The number of nitrogens with zero attached hydrogens (tertiary/aromatic N) is 1. The van der Waals surface area contributed by atoms with Gasteiger partial charge in [-0.05, 0) is 61.0 Å². The zero-order valence-electron chi connectivity index (χ0n) is 18.5. The van der Waals surface area contributed by atoms with E-state index < -0.39 is 28.5 Å². The number of halogens is 1. The summed E-state index contributed by atoms with van der Waals surface area (Å²) < 4.78 is 38.3. The van der Waals surface area contributed by atoms with Gasteiger partial charge in [0.15, 0.2) is 11.5 Å². The predicted molar refractivity (Wildman–Crippen MR) is 129 cm³/mol. The van der Waals surface area contributed by atoms with Crippen LogP contribution in [0.3, 0.4) is 0 Å². The molecule has 3 rings (SSSR count). The maximum absolute atomic E-state index is 13.3. The normalized spacial score (nSPS) is 12.0. The first-order chi connectivity index (χ1) is 15.8. The molecule has 0 saturated carbocycles. The number of sulfonamides is 1. The number of benzene rings is 3. The van der Waals surface area contributed by atoms with Crippen LogP contribution in [0.25, 0.3) is 0 Å². The zero-order valence-corrected chi connectivity index (χ0v) is 20.1. The molecule has 0 spiro atoms. The van der Waals surface area contributed by atoms with Crippen molar-refractivity contribution in [1.29, 1.82) is 0 Å². The molecule has 9 heteroatoms. The SMILES string of the molecule is COc1ccc([C@@H](C)NC(=O)CN(c2ccc(Cl)cc2)S(=O)(=O)c2ccccc2)cc1OC. The number of rotatable bonds is 9. The highest BCUT2D eigenvalue weighted by Crippen LogP contribution is 2.30. The van der Waals surface area contributed by atoms with Crippen molar-refractivity contribution in [1.82, 2.24) is 5.32 Å². The summed E-state index contributed by atoms with van der Waals surface area (Å²) in [6, 6.07) is 19.2. The van der Waals surface area contributed by atoms with E-state index >= 15 is 0 Å². The van der Waals surface area contributed by atoms with Crippen molar-refractivity contribution in [2.24, 2.45) is 0 Å². The van der Waals surface area contributed by atoms with Crippen molar-refractivity contribution in [3.63, 3.8) is 0 Å². The summed E-state index contributed by atoms with van der Waals surface area (Å²) in [5, 5.41) is 3.31. The number of hydrogen-bond acceptors (Lipinski definition) is 5. The average molecular weight is 489 g/mol. The van der Waals surface area contributed by atoms with Gasteiger partial charge in [-0.2, -0.15) is 0 Å². The Labute approximate surface area is 198 Å². The van der Waals surface area contributed by atoms with Gasteiger partial charge in [-0.25, -0.2) is 8.42 Å². The number of hydrogen-bond donors (Lipinski definition) is 1. The molecule has 0 aliphatic rings. The summed E-state index contributed by atoms with van der Waals surface area (Å²) in [4.78, 5) is 13.0. The third-order valence-electron chi connectivity index (χ3n) is 5.02. The summed E-state index contributed by atoms with van der Waals surface area (Å²) in [6.45, 7) is 1.40. The van der Waals surface area contributed by atoms with Gasteiger partial charge < -0.3 is 14.8 Å². The van der Waals surface area contributed by atoms with Crippen LogP contribution in [0, 0.1) is 0 Å². The molecule has 3 aromatic carbocycles. The van der Waals surface area contributed by atoms with Gasteiger partial charge in [0.25, 0.3) is 10.0 Å². The number of carbonyl (C=O) groups excluding carboxylic acids is 1. The van der Waals surface area contributed by atoms with Crippen LogP contribution >= 0.6 is 11.6 Å². The van der Waals surface area contributed by atoms with E-state index in [1.807, 2.05) is 6.07 Å². The van der Waals surface area contributed by atoms with Gasteiger partial charge in [-0.3, -0.25) is 9.10 Å². The lowest BCUT2D eigenvalue weighted by molar-refractivity contribution is -0.120. The van der Waals surface area contributed by atoms with Gasteiger partial charge in [-0.1, -0.05) is 35.9 Å². The summed E-state index contributed by atoms with van der Waals surface area (Å²) >= 11 is 5.97. The van der Waals surface area contributed by atoms with Crippen LogP contribution in [0.5, 0.6) is 11.5 Å². The molecule has 3 aromatic rings. The molecule has 1 amide bonds. The summed E-state index contributed by atoms with van der Waals surface area (Å²) in [7, 11) is -0.915. The summed E-state index contributed by atoms with van der Waals surface area (Å²) in [5.74, 6) is 0.639. The molecule has 0 radical (unpaired) electrons. The molecular formula is C24H25ClN2O5S. The van der Waals surface area contributed by atoms with E-state index in [1.54, 1.807) is 68.6 Å². The highest BCUT2D eigenvalue weighted by atomic mass is 35.5. The first-order valence-electron chi connectivity index (χ1n) is 10.1. The second-order valence-corrected chi connectivity index (χ2v) is 9.50. The molecule has 0 bridgehead atoms. The fourth-order valence-corrected chi connectivity index (χ4v) is 4.83. The molecule has 0 fully saturated rings. The van der Waals surface area contributed by atoms with Crippen LogP contribution in [0.4, 0.5) is 5.69 Å². The predicted octanol–water partition coefficient (Wildman–Crippen LogP) is 4.43. The molecule has 0 aliphatic carbocycles. The molecule has 1 atom stereocenters. The minimum absolute atomic E-state index is 0.0840. The molecular weight excluding hydrogens is 464 g/mol. The van der Waals surface area contributed by atoms with E-state index in [-0.39, 0.29) is 4.90 Å². The van der Waals surface area contributed by atoms with Gasteiger partial charge in [-0.15, -0.1) is 0 Å². The largest absolute Gasteiger partial charge is 0.493 e. The molecule has 0 unspecified atom stereocenters. The second-order valence-electron chi connectivity index (χ2n) is 7.20. The molecule has 0 aliphatic heterocycles. The van der Waals surface area contributed by atoms with Crippen LogP contribution in [-0.2, 0) is 14.8 Å². The van der Waals surface area contributed by atoms with E-state index in [4.69, 9.17) is 21.1 Å². The van der Waals surface area contributed by atoms with Crippen LogP contribution in [0.2, 0.25) is 5.02 Å². The van der Waals surface area contributed by atoms with E-state index in [2.05, 4.69) is 5.32 Å². The van der Waals surface area contributed by atoms with Crippen LogP contribution < -0.4 is 19.1 Å².